The molecule has 1 aliphatic heterocycles. The van der Waals surface area contributed by atoms with E-state index in [1.807, 2.05) is 24.4 Å². The van der Waals surface area contributed by atoms with E-state index in [-0.39, 0.29) is 5.91 Å². The molecule has 0 atom stereocenters. The predicted molar refractivity (Wildman–Crippen MR) is 75.0 cm³/mol. The minimum atomic E-state index is 0.280. The van der Waals surface area contributed by atoms with Crippen molar-refractivity contribution < 1.29 is 4.79 Å². The molecule has 0 aromatic carbocycles. The standard InChI is InChI=1S/C15H21N3O/c19-15(12-4-3-5-12)17-13-7-10-18(11-8-13)14-6-1-2-9-16-14/h1-2,6,9,12-13H,3-5,7-8,10-11H2,(H,17,19). The summed E-state index contributed by atoms with van der Waals surface area (Å²) in [6.45, 7) is 1.96. The van der Waals surface area contributed by atoms with Gasteiger partial charge in [-0.1, -0.05) is 12.5 Å². The van der Waals surface area contributed by atoms with Gasteiger partial charge in [0.15, 0.2) is 0 Å². The lowest BCUT2D eigenvalue weighted by Gasteiger charge is -2.34. The summed E-state index contributed by atoms with van der Waals surface area (Å²) < 4.78 is 0. The molecule has 3 rings (SSSR count). The minimum absolute atomic E-state index is 0.280. The summed E-state index contributed by atoms with van der Waals surface area (Å²) in [7, 11) is 0. The maximum atomic E-state index is 11.9. The number of nitrogens with one attached hydrogen (secondary N) is 1. The van der Waals surface area contributed by atoms with Gasteiger partial charge in [-0.15, -0.1) is 0 Å². The van der Waals surface area contributed by atoms with Crippen LogP contribution in [0.25, 0.3) is 0 Å². The van der Waals surface area contributed by atoms with Gasteiger partial charge in [-0.3, -0.25) is 4.79 Å². The number of nitrogens with zero attached hydrogens (tertiary/aromatic N) is 2. The Morgan fingerprint density at radius 1 is 1.21 bits per heavy atom. The third-order valence-corrected chi connectivity index (χ3v) is 4.29. The number of amides is 1. The summed E-state index contributed by atoms with van der Waals surface area (Å²) in [6.07, 6.45) is 7.26. The average molecular weight is 259 g/mol. The third-order valence-electron chi connectivity index (χ3n) is 4.29. The maximum absolute atomic E-state index is 11.9. The Kier molecular flexibility index (Phi) is 3.67. The van der Waals surface area contributed by atoms with Gasteiger partial charge >= 0.3 is 0 Å². The molecule has 1 N–H and O–H groups in total. The first-order valence-corrected chi connectivity index (χ1v) is 7.29. The van der Waals surface area contributed by atoms with Crippen LogP contribution in [0.15, 0.2) is 24.4 Å². The van der Waals surface area contributed by atoms with E-state index in [1.165, 1.54) is 6.42 Å². The van der Waals surface area contributed by atoms with Crippen LogP contribution in [0.5, 0.6) is 0 Å². The van der Waals surface area contributed by atoms with Gasteiger partial charge in [-0.05, 0) is 37.8 Å². The van der Waals surface area contributed by atoms with Crippen molar-refractivity contribution in [3.8, 4) is 0 Å². The fourth-order valence-corrected chi connectivity index (χ4v) is 2.78. The monoisotopic (exact) mass is 259 g/mol. The van der Waals surface area contributed by atoms with E-state index < -0.39 is 0 Å². The molecule has 0 bridgehead atoms. The first kappa shape index (κ1) is 12.5. The van der Waals surface area contributed by atoms with Crippen molar-refractivity contribution in [2.24, 2.45) is 5.92 Å². The lowest BCUT2D eigenvalue weighted by atomic mass is 9.84. The zero-order chi connectivity index (χ0) is 13.1. The van der Waals surface area contributed by atoms with Crippen LogP contribution in [-0.2, 0) is 4.79 Å². The van der Waals surface area contributed by atoms with Crippen molar-refractivity contribution in [1.82, 2.24) is 10.3 Å². The van der Waals surface area contributed by atoms with Crippen LogP contribution in [0.2, 0.25) is 0 Å². The van der Waals surface area contributed by atoms with E-state index in [0.717, 1.165) is 44.6 Å². The van der Waals surface area contributed by atoms with Crippen molar-refractivity contribution in [3.63, 3.8) is 0 Å². The van der Waals surface area contributed by atoms with E-state index in [0.29, 0.717) is 12.0 Å². The molecule has 0 spiro atoms. The van der Waals surface area contributed by atoms with Crippen molar-refractivity contribution in [2.45, 2.75) is 38.1 Å². The second kappa shape index (κ2) is 5.59. The Balaban J connectivity index is 1.48. The molecule has 1 saturated carbocycles. The topological polar surface area (TPSA) is 45.2 Å². The van der Waals surface area contributed by atoms with E-state index in [9.17, 15) is 4.79 Å². The van der Waals surface area contributed by atoms with Crippen LogP contribution in [0.3, 0.4) is 0 Å². The maximum Gasteiger partial charge on any atom is 0.223 e. The first-order valence-electron chi connectivity index (χ1n) is 7.29. The fourth-order valence-electron chi connectivity index (χ4n) is 2.78. The molecule has 102 valence electrons. The van der Waals surface area contributed by atoms with Crippen molar-refractivity contribution >= 4 is 11.7 Å². The molecule has 2 heterocycles. The molecule has 4 nitrogen and oxygen atoms in total. The van der Waals surface area contributed by atoms with Gasteiger partial charge in [0.25, 0.3) is 0 Å². The molecule has 1 aromatic rings. The Morgan fingerprint density at radius 3 is 2.58 bits per heavy atom. The number of anilines is 1. The Hall–Kier alpha value is -1.58. The Bertz CT molecular complexity index is 422. The smallest absolute Gasteiger partial charge is 0.223 e. The number of pyridine rings is 1. The second-order valence-electron chi connectivity index (χ2n) is 5.59. The van der Waals surface area contributed by atoms with Gasteiger partial charge in [0.1, 0.15) is 5.82 Å². The molecule has 0 radical (unpaired) electrons. The molecule has 4 heteroatoms. The SMILES string of the molecule is O=C(NC1CCN(c2ccccn2)CC1)C1CCC1. The van der Waals surface area contributed by atoms with Crippen LogP contribution in [0.1, 0.15) is 32.1 Å². The number of rotatable bonds is 3. The molecule has 19 heavy (non-hydrogen) atoms. The quantitative estimate of drug-likeness (QED) is 0.902. The third kappa shape index (κ3) is 2.88. The summed E-state index contributed by atoms with van der Waals surface area (Å²) in [5.74, 6) is 1.63. The van der Waals surface area contributed by atoms with E-state index in [2.05, 4.69) is 15.2 Å². The van der Waals surface area contributed by atoms with Gasteiger partial charge in [-0.25, -0.2) is 4.98 Å². The molecule has 1 aliphatic carbocycles. The average Bonchev–Trinajstić information content (AvgIpc) is 2.38. The van der Waals surface area contributed by atoms with E-state index >= 15 is 0 Å². The number of carbonyl (C=O) groups excluding carboxylic acids is 1. The van der Waals surface area contributed by atoms with Gasteiger partial charge in [0.2, 0.25) is 5.91 Å². The number of piperidine rings is 1. The number of aromatic nitrogens is 1. The van der Waals surface area contributed by atoms with Crippen molar-refractivity contribution in [1.29, 1.82) is 0 Å². The lowest BCUT2D eigenvalue weighted by molar-refractivity contribution is -0.128. The van der Waals surface area contributed by atoms with Crippen molar-refractivity contribution in [2.75, 3.05) is 18.0 Å². The second-order valence-corrected chi connectivity index (χ2v) is 5.59. The predicted octanol–water partition coefficient (Wildman–Crippen LogP) is 1.97. The highest BCUT2D eigenvalue weighted by Gasteiger charge is 2.28. The van der Waals surface area contributed by atoms with E-state index in [1.54, 1.807) is 0 Å². The summed E-state index contributed by atoms with van der Waals surface area (Å²) >= 11 is 0. The molecule has 1 aromatic heterocycles. The van der Waals surface area contributed by atoms with Crippen molar-refractivity contribution in [3.05, 3.63) is 24.4 Å². The van der Waals surface area contributed by atoms with E-state index in [4.69, 9.17) is 0 Å². The molecule has 2 fully saturated rings. The highest BCUT2D eigenvalue weighted by atomic mass is 16.2. The van der Waals surface area contributed by atoms with Crippen LogP contribution in [0.4, 0.5) is 5.82 Å². The fraction of sp³-hybridized carbons (Fsp3) is 0.600. The Morgan fingerprint density at radius 2 is 2.00 bits per heavy atom. The lowest BCUT2D eigenvalue weighted by Crippen LogP contribution is -2.47. The number of hydrogen-bond acceptors (Lipinski definition) is 3. The van der Waals surface area contributed by atoms with Gasteiger partial charge in [0, 0.05) is 31.2 Å². The molecular weight excluding hydrogens is 238 g/mol. The first-order chi connectivity index (χ1) is 9.33. The summed E-state index contributed by atoms with van der Waals surface area (Å²) in [4.78, 5) is 18.6. The summed E-state index contributed by atoms with van der Waals surface area (Å²) in [5, 5.41) is 3.21. The summed E-state index contributed by atoms with van der Waals surface area (Å²) in [5.41, 5.74) is 0. The number of hydrogen-bond donors (Lipinski definition) is 1. The van der Waals surface area contributed by atoms with Gasteiger partial charge in [0.05, 0.1) is 0 Å². The zero-order valence-electron chi connectivity index (χ0n) is 11.2. The highest BCUT2D eigenvalue weighted by molar-refractivity contribution is 5.79. The normalized spacial score (nSPS) is 20.9. The van der Waals surface area contributed by atoms with Crippen LogP contribution >= 0.6 is 0 Å². The molecule has 1 saturated heterocycles. The van der Waals surface area contributed by atoms with Gasteiger partial charge < -0.3 is 10.2 Å². The minimum Gasteiger partial charge on any atom is -0.356 e. The molecule has 0 unspecified atom stereocenters. The molecule has 1 amide bonds. The van der Waals surface area contributed by atoms with Crippen LogP contribution < -0.4 is 10.2 Å². The largest absolute Gasteiger partial charge is 0.356 e. The zero-order valence-corrected chi connectivity index (χ0v) is 11.2. The van der Waals surface area contributed by atoms with Crippen LogP contribution in [0, 0.1) is 5.92 Å². The summed E-state index contributed by atoms with van der Waals surface area (Å²) in [6, 6.07) is 6.36. The highest BCUT2D eigenvalue weighted by Crippen LogP contribution is 2.27. The van der Waals surface area contributed by atoms with Gasteiger partial charge in [-0.2, -0.15) is 0 Å². The number of carbonyl (C=O) groups is 1. The Labute approximate surface area is 114 Å². The molecular formula is C15H21N3O. The molecule has 2 aliphatic rings. The van der Waals surface area contributed by atoms with Crippen LogP contribution in [-0.4, -0.2) is 30.0 Å².